The normalized spacial score (nSPS) is 17.3. The number of thiophene rings is 1. The molecular formula is C20H34N4O2S. The molecule has 6 nitrogen and oxygen atoms in total. The van der Waals surface area contributed by atoms with Gasteiger partial charge in [-0.3, -0.25) is 19.4 Å². The van der Waals surface area contributed by atoms with Crippen LogP contribution in [0.3, 0.4) is 0 Å². The highest BCUT2D eigenvalue weighted by molar-refractivity contribution is 7.10. The minimum Gasteiger partial charge on any atom is -0.355 e. The van der Waals surface area contributed by atoms with Gasteiger partial charge in [0.2, 0.25) is 11.8 Å². The van der Waals surface area contributed by atoms with Crippen LogP contribution in [0, 0.1) is 11.8 Å². The van der Waals surface area contributed by atoms with E-state index in [1.807, 2.05) is 11.4 Å². The number of piperazine rings is 1. The van der Waals surface area contributed by atoms with Crippen molar-refractivity contribution in [2.24, 2.45) is 11.8 Å². The van der Waals surface area contributed by atoms with Crippen LogP contribution in [0.5, 0.6) is 0 Å². The lowest BCUT2D eigenvalue weighted by atomic mass is 10.0. The maximum Gasteiger partial charge on any atom is 0.234 e. The molecular weight excluding hydrogens is 360 g/mol. The van der Waals surface area contributed by atoms with Crippen LogP contribution in [0.25, 0.3) is 0 Å². The van der Waals surface area contributed by atoms with E-state index in [1.165, 1.54) is 4.88 Å². The summed E-state index contributed by atoms with van der Waals surface area (Å²) in [7, 11) is 0. The summed E-state index contributed by atoms with van der Waals surface area (Å²) in [4.78, 5) is 30.0. The molecule has 1 fully saturated rings. The summed E-state index contributed by atoms with van der Waals surface area (Å²) in [6.07, 6.45) is 0. The average molecular weight is 395 g/mol. The van der Waals surface area contributed by atoms with Gasteiger partial charge in [0.15, 0.2) is 0 Å². The molecule has 2 heterocycles. The van der Waals surface area contributed by atoms with Gasteiger partial charge in [-0.1, -0.05) is 33.8 Å². The summed E-state index contributed by atoms with van der Waals surface area (Å²) in [6.45, 7) is 13.3. The zero-order chi connectivity index (χ0) is 19.8. The van der Waals surface area contributed by atoms with Crippen LogP contribution in [0.15, 0.2) is 17.5 Å². The van der Waals surface area contributed by atoms with Gasteiger partial charge in [0.25, 0.3) is 0 Å². The first kappa shape index (κ1) is 21.9. The Balaban J connectivity index is 1.71. The molecule has 0 aromatic carbocycles. The van der Waals surface area contributed by atoms with Gasteiger partial charge in [-0.2, -0.15) is 0 Å². The zero-order valence-electron chi connectivity index (χ0n) is 17.0. The fraction of sp³-hybridized carbons (Fsp3) is 0.700. The lowest BCUT2D eigenvalue weighted by Crippen LogP contribution is -2.52. The Labute approximate surface area is 167 Å². The quantitative estimate of drug-likeness (QED) is 0.672. The third kappa shape index (κ3) is 7.60. The zero-order valence-corrected chi connectivity index (χ0v) is 17.8. The third-order valence-corrected chi connectivity index (χ3v) is 5.70. The Hall–Kier alpha value is -1.44. The largest absolute Gasteiger partial charge is 0.355 e. The summed E-state index contributed by atoms with van der Waals surface area (Å²) >= 11 is 1.69. The predicted molar refractivity (Wildman–Crippen MR) is 111 cm³/mol. The highest BCUT2D eigenvalue weighted by Gasteiger charge is 2.23. The van der Waals surface area contributed by atoms with Gasteiger partial charge in [-0.25, -0.2) is 0 Å². The Bertz CT molecular complexity index is 581. The minimum atomic E-state index is 0.0726. The second kappa shape index (κ2) is 10.8. The summed E-state index contributed by atoms with van der Waals surface area (Å²) in [5.41, 5.74) is 0. The lowest BCUT2D eigenvalue weighted by Gasteiger charge is -2.34. The monoisotopic (exact) mass is 394 g/mol. The van der Waals surface area contributed by atoms with E-state index in [9.17, 15) is 9.59 Å². The van der Waals surface area contributed by atoms with Crippen molar-refractivity contribution in [3.8, 4) is 0 Å². The Morgan fingerprint density at radius 1 is 1.04 bits per heavy atom. The first-order valence-electron chi connectivity index (χ1n) is 9.89. The number of carbonyl (C=O) groups excluding carboxylic acids is 2. The molecule has 1 aliphatic heterocycles. The van der Waals surface area contributed by atoms with Crippen molar-refractivity contribution in [2.75, 3.05) is 45.8 Å². The molecule has 1 atom stereocenters. The maximum atomic E-state index is 12.5. The predicted octanol–water partition coefficient (Wildman–Crippen LogP) is 1.95. The van der Waals surface area contributed by atoms with Crippen molar-refractivity contribution in [3.05, 3.63) is 22.4 Å². The Morgan fingerprint density at radius 3 is 2.11 bits per heavy atom. The van der Waals surface area contributed by atoms with Gasteiger partial charge in [0, 0.05) is 37.6 Å². The van der Waals surface area contributed by atoms with E-state index >= 15 is 0 Å². The van der Waals surface area contributed by atoms with E-state index in [1.54, 1.807) is 11.3 Å². The van der Waals surface area contributed by atoms with Crippen molar-refractivity contribution in [1.82, 2.24) is 20.4 Å². The number of hydrogen-bond donors (Lipinski definition) is 2. The van der Waals surface area contributed by atoms with Gasteiger partial charge in [0.05, 0.1) is 19.1 Å². The second-order valence-electron chi connectivity index (χ2n) is 8.05. The summed E-state index contributed by atoms with van der Waals surface area (Å²) in [6, 6.07) is 4.18. The summed E-state index contributed by atoms with van der Waals surface area (Å²) < 4.78 is 0. The number of amides is 2. The van der Waals surface area contributed by atoms with Crippen molar-refractivity contribution in [2.45, 2.75) is 33.7 Å². The number of nitrogens with zero attached hydrogens (tertiary/aromatic N) is 2. The summed E-state index contributed by atoms with van der Waals surface area (Å²) in [5.74, 6) is 0.984. The maximum absolute atomic E-state index is 12.5. The molecule has 7 heteroatoms. The van der Waals surface area contributed by atoms with Crippen LogP contribution in [-0.4, -0.2) is 67.4 Å². The fourth-order valence-corrected chi connectivity index (χ4v) is 4.09. The third-order valence-electron chi connectivity index (χ3n) is 4.74. The second-order valence-corrected chi connectivity index (χ2v) is 9.03. The van der Waals surface area contributed by atoms with Gasteiger partial charge in [0.1, 0.15) is 0 Å². The molecule has 0 radical (unpaired) electrons. The first-order chi connectivity index (χ1) is 12.8. The van der Waals surface area contributed by atoms with Crippen molar-refractivity contribution in [1.29, 1.82) is 0 Å². The van der Waals surface area contributed by atoms with Crippen molar-refractivity contribution < 1.29 is 9.59 Å². The first-order valence-corrected chi connectivity index (χ1v) is 10.8. The molecule has 1 aliphatic rings. The minimum absolute atomic E-state index is 0.0726. The lowest BCUT2D eigenvalue weighted by molar-refractivity contribution is -0.125. The van der Waals surface area contributed by atoms with Crippen LogP contribution in [0.1, 0.15) is 38.6 Å². The van der Waals surface area contributed by atoms with Gasteiger partial charge in [-0.15, -0.1) is 11.3 Å². The van der Waals surface area contributed by atoms with E-state index in [2.05, 4.69) is 54.2 Å². The average Bonchev–Trinajstić information content (AvgIpc) is 3.13. The van der Waals surface area contributed by atoms with E-state index < -0.39 is 0 Å². The molecule has 1 aromatic heterocycles. The molecule has 2 N–H and O–H groups in total. The molecule has 2 amide bonds. The molecule has 0 spiro atoms. The van der Waals surface area contributed by atoms with Crippen LogP contribution in [0.2, 0.25) is 0 Å². The summed E-state index contributed by atoms with van der Waals surface area (Å²) in [5, 5.41) is 8.20. The van der Waals surface area contributed by atoms with Crippen LogP contribution in [-0.2, 0) is 9.59 Å². The van der Waals surface area contributed by atoms with E-state index in [0.717, 1.165) is 32.7 Å². The van der Waals surface area contributed by atoms with Crippen LogP contribution >= 0.6 is 11.3 Å². The number of rotatable bonds is 9. The van der Waals surface area contributed by atoms with Crippen LogP contribution < -0.4 is 10.6 Å². The van der Waals surface area contributed by atoms with Gasteiger partial charge < -0.3 is 10.6 Å². The highest BCUT2D eigenvalue weighted by atomic mass is 32.1. The molecule has 1 aromatic rings. The molecule has 152 valence electrons. The molecule has 27 heavy (non-hydrogen) atoms. The standard InChI is InChI=1S/C20H34N4O2S/c1-15(2)12-21-18(25)13-23-7-9-24(10-8-23)14-19(26)22-20(16(3)4)17-6-5-11-27-17/h5-6,11,15-16,20H,7-10,12-14H2,1-4H3,(H,21,25)(H,22,26)/t20-/m1/s1. The van der Waals surface area contributed by atoms with Crippen LogP contribution in [0.4, 0.5) is 0 Å². The number of nitrogens with one attached hydrogen (secondary N) is 2. The topological polar surface area (TPSA) is 64.7 Å². The molecule has 0 saturated carbocycles. The Morgan fingerprint density at radius 2 is 1.63 bits per heavy atom. The van der Waals surface area contributed by atoms with Gasteiger partial charge in [-0.05, 0) is 23.3 Å². The molecule has 1 saturated heterocycles. The molecule has 0 aliphatic carbocycles. The smallest absolute Gasteiger partial charge is 0.234 e. The Kier molecular flexibility index (Phi) is 8.73. The fourth-order valence-electron chi connectivity index (χ4n) is 3.14. The number of carbonyl (C=O) groups is 2. The van der Waals surface area contributed by atoms with Gasteiger partial charge >= 0.3 is 0 Å². The SMILES string of the molecule is CC(C)CNC(=O)CN1CCN(CC(=O)N[C@@H](c2cccs2)C(C)C)CC1. The molecule has 0 bridgehead atoms. The van der Waals surface area contributed by atoms with E-state index in [0.29, 0.717) is 24.9 Å². The molecule has 2 rings (SSSR count). The highest BCUT2D eigenvalue weighted by Crippen LogP contribution is 2.25. The van der Waals surface area contributed by atoms with Crippen molar-refractivity contribution in [3.63, 3.8) is 0 Å². The van der Waals surface area contributed by atoms with Crippen molar-refractivity contribution >= 4 is 23.2 Å². The van der Waals surface area contributed by atoms with E-state index in [-0.39, 0.29) is 17.9 Å². The molecule has 0 unspecified atom stereocenters. The number of hydrogen-bond acceptors (Lipinski definition) is 5. The van der Waals surface area contributed by atoms with E-state index in [4.69, 9.17) is 0 Å².